The van der Waals surface area contributed by atoms with E-state index >= 15 is 0 Å². The molecule has 0 radical (unpaired) electrons. The number of hydrogen-bond acceptors (Lipinski definition) is 4. The fraction of sp³-hybridized carbons (Fsp3) is 0.257. The minimum absolute atomic E-state index is 0.0186. The number of anilines is 1. The van der Waals surface area contributed by atoms with Crippen molar-refractivity contribution in [3.8, 4) is 0 Å². The molecule has 0 heterocycles. The highest BCUT2D eigenvalue weighted by Gasteiger charge is 2.35. The number of nitrogens with one attached hydrogen (secondary N) is 1. The Labute approximate surface area is 259 Å². The van der Waals surface area contributed by atoms with Gasteiger partial charge >= 0.3 is 0 Å². The van der Waals surface area contributed by atoms with Crippen LogP contribution in [-0.4, -0.2) is 43.8 Å². The monoisotopic (exact) mass is 615 g/mol. The molecule has 0 aliphatic rings. The van der Waals surface area contributed by atoms with E-state index in [0.29, 0.717) is 5.69 Å². The van der Waals surface area contributed by atoms with Crippen LogP contribution in [0.15, 0.2) is 108 Å². The number of halogens is 1. The zero-order chi connectivity index (χ0) is 31.9. The Morgan fingerprint density at radius 2 is 1.43 bits per heavy atom. The fourth-order valence-corrected chi connectivity index (χ4v) is 6.30. The Morgan fingerprint density at radius 1 is 0.818 bits per heavy atom. The molecule has 0 fully saturated rings. The molecule has 0 unspecified atom stereocenters. The smallest absolute Gasteiger partial charge is 0.264 e. The maximum atomic E-state index is 15.0. The number of amides is 2. The van der Waals surface area contributed by atoms with E-state index in [9.17, 15) is 22.4 Å². The molecule has 4 aromatic rings. The van der Waals surface area contributed by atoms with Crippen LogP contribution in [0.3, 0.4) is 0 Å². The third-order valence-electron chi connectivity index (χ3n) is 7.39. The molecule has 0 saturated carbocycles. The highest BCUT2D eigenvalue weighted by atomic mass is 32.2. The molecule has 0 bridgehead atoms. The quantitative estimate of drug-likeness (QED) is 0.218. The number of aryl methyl sites for hydroxylation is 2. The summed E-state index contributed by atoms with van der Waals surface area (Å²) in [6.45, 7) is 6.57. The molecule has 7 nitrogen and oxygen atoms in total. The molecule has 4 rings (SSSR count). The number of carbonyl (C=O) groups is 2. The molecule has 4 aromatic carbocycles. The molecule has 44 heavy (non-hydrogen) atoms. The third-order valence-corrected chi connectivity index (χ3v) is 9.18. The van der Waals surface area contributed by atoms with Gasteiger partial charge in [0.25, 0.3) is 10.0 Å². The minimum atomic E-state index is -4.21. The van der Waals surface area contributed by atoms with Crippen LogP contribution in [0.2, 0.25) is 0 Å². The summed E-state index contributed by atoms with van der Waals surface area (Å²) in [6.07, 6.45) is 0.147. The van der Waals surface area contributed by atoms with E-state index in [1.54, 1.807) is 54.6 Å². The van der Waals surface area contributed by atoms with Crippen molar-refractivity contribution >= 4 is 27.5 Å². The van der Waals surface area contributed by atoms with E-state index in [4.69, 9.17) is 0 Å². The van der Waals surface area contributed by atoms with E-state index in [-0.39, 0.29) is 29.5 Å². The van der Waals surface area contributed by atoms with E-state index in [1.165, 1.54) is 23.1 Å². The molecule has 0 aliphatic carbocycles. The van der Waals surface area contributed by atoms with Crippen molar-refractivity contribution in [3.05, 3.63) is 131 Å². The largest absolute Gasteiger partial charge is 0.352 e. The van der Waals surface area contributed by atoms with Gasteiger partial charge in [0.2, 0.25) is 11.8 Å². The lowest BCUT2D eigenvalue weighted by atomic mass is 10.0. The van der Waals surface area contributed by atoms with Crippen LogP contribution in [0.4, 0.5) is 10.1 Å². The van der Waals surface area contributed by atoms with Crippen LogP contribution in [0.1, 0.15) is 36.1 Å². The van der Waals surface area contributed by atoms with Crippen molar-refractivity contribution in [2.24, 2.45) is 0 Å². The molecule has 230 valence electrons. The van der Waals surface area contributed by atoms with Crippen LogP contribution in [-0.2, 0) is 32.6 Å². The lowest BCUT2D eigenvalue weighted by Crippen LogP contribution is -2.54. The van der Waals surface area contributed by atoms with E-state index in [0.717, 1.165) is 21.0 Å². The van der Waals surface area contributed by atoms with Gasteiger partial charge in [-0.2, -0.15) is 0 Å². The average molecular weight is 616 g/mol. The summed E-state index contributed by atoms with van der Waals surface area (Å²) in [6, 6.07) is 27.1. The number of sulfonamides is 1. The molecule has 9 heteroatoms. The molecule has 1 N–H and O–H groups in total. The van der Waals surface area contributed by atoms with E-state index in [1.807, 2.05) is 58.0 Å². The summed E-state index contributed by atoms with van der Waals surface area (Å²) < 4.78 is 44.2. The van der Waals surface area contributed by atoms with Gasteiger partial charge in [-0.05, 0) is 74.7 Å². The first kappa shape index (κ1) is 32.4. The zero-order valence-electron chi connectivity index (χ0n) is 25.4. The predicted octanol–water partition coefficient (Wildman–Crippen LogP) is 5.80. The van der Waals surface area contributed by atoms with E-state index in [2.05, 4.69) is 5.32 Å². The van der Waals surface area contributed by atoms with Gasteiger partial charge in [0.05, 0.1) is 10.6 Å². The van der Waals surface area contributed by atoms with Crippen LogP contribution < -0.4 is 9.62 Å². The standard InChI is InChI=1S/C35H38FN3O4S/c1-25(2)37-35(41)33(22-28-13-7-5-8-14-28)38(23-29-15-11-12-18-32(29)36)34(40)24-39(30-20-19-26(3)27(4)21-30)44(42,43)31-16-9-6-10-17-31/h5-21,25,33H,22-24H2,1-4H3,(H,37,41)/t33-/m1/s1. The van der Waals surface area contributed by atoms with Crippen molar-refractivity contribution in [2.75, 3.05) is 10.8 Å². The Balaban J connectivity index is 1.82. The van der Waals surface area contributed by atoms with Crippen molar-refractivity contribution < 1.29 is 22.4 Å². The summed E-state index contributed by atoms with van der Waals surface area (Å²) in [5, 5.41) is 2.90. The number of nitrogens with zero attached hydrogens (tertiary/aromatic N) is 2. The van der Waals surface area contributed by atoms with Gasteiger partial charge in [0.15, 0.2) is 0 Å². The summed E-state index contributed by atoms with van der Waals surface area (Å²) in [7, 11) is -4.21. The zero-order valence-corrected chi connectivity index (χ0v) is 26.2. The first-order valence-corrected chi connectivity index (χ1v) is 15.9. The highest BCUT2D eigenvalue weighted by molar-refractivity contribution is 7.92. The number of carbonyl (C=O) groups excluding carboxylic acids is 2. The van der Waals surface area contributed by atoms with Crippen LogP contribution in [0.5, 0.6) is 0 Å². The molecule has 0 aromatic heterocycles. The van der Waals surface area contributed by atoms with Crippen LogP contribution >= 0.6 is 0 Å². The lowest BCUT2D eigenvalue weighted by molar-refractivity contribution is -0.140. The second-order valence-corrected chi connectivity index (χ2v) is 12.9. The van der Waals surface area contributed by atoms with Crippen molar-refractivity contribution in [3.63, 3.8) is 0 Å². The Bertz CT molecular complexity index is 1700. The maximum Gasteiger partial charge on any atom is 0.264 e. The van der Waals surface area contributed by atoms with Gasteiger partial charge < -0.3 is 10.2 Å². The van der Waals surface area contributed by atoms with Gasteiger partial charge in [-0.3, -0.25) is 13.9 Å². The average Bonchev–Trinajstić information content (AvgIpc) is 3.00. The summed E-state index contributed by atoms with van der Waals surface area (Å²) in [4.78, 5) is 29.4. The molecule has 0 saturated heterocycles. The lowest BCUT2D eigenvalue weighted by Gasteiger charge is -2.34. The Kier molecular flexibility index (Phi) is 10.5. The minimum Gasteiger partial charge on any atom is -0.352 e. The van der Waals surface area contributed by atoms with Crippen LogP contribution in [0, 0.1) is 19.7 Å². The van der Waals surface area contributed by atoms with Gasteiger partial charge in [0, 0.05) is 24.6 Å². The highest BCUT2D eigenvalue weighted by Crippen LogP contribution is 2.27. The summed E-state index contributed by atoms with van der Waals surface area (Å²) >= 11 is 0. The van der Waals surface area contributed by atoms with Gasteiger partial charge in [-0.15, -0.1) is 0 Å². The SMILES string of the molecule is Cc1ccc(N(CC(=O)N(Cc2ccccc2F)[C@H](Cc2ccccc2)C(=O)NC(C)C)S(=O)(=O)c2ccccc2)cc1C. The predicted molar refractivity (Wildman–Crippen MR) is 171 cm³/mol. The van der Waals surface area contributed by atoms with Crippen molar-refractivity contribution in [1.29, 1.82) is 0 Å². The second kappa shape index (κ2) is 14.3. The molecular weight excluding hydrogens is 577 g/mol. The van der Waals surface area contributed by atoms with Gasteiger partial charge in [0.1, 0.15) is 18.4 Å². The molecule has 0 aliphatic heterocycles. The first-order valence-electron chi connectivity index (χ1n) is 14.5. The first-order chi connectivity index (χ1) is 21.0. The van der Waals surface area contributed by atoms with Gasteiger partial charge in [-0.1, -0.05) is 72.8 Å². The van der Waals surface area contributed by atoms with Crippen molar-refractivity contribution in [2.45, 2.75) is 57.6 Å². The Hall–Kier alpha value is -4.50. The third kappa shape index (κ3) is 7.90. The molecular formula is C35H38FN3O4S. The number of hydrogen-bond donors (Lipinski definition) is 1. The molecule has 1 atom stereocenters. The summed E-state index contributed by atoms with van der Waals surface area (Å²) in [5.74, 6) is -1.60. The van der Waals surface area contributed by atoms with Crippen LogP contribution in [0.25, 0.3) is 0 Å². The number of rotatable bonds is 12. The Morgan fingerprint density at radius 3 is 2.05 bits per heavy atom. The second-order valence-electron chi connectivity index (χ2n) is 11.1. The maximum absolute atomic E-state index is 15.0. The van der Waals surface area contributed by atoms with Gasteiger partial charge in [-0.25, -0.2) is 12.8 Å². The topological polar surface area (TPSA) is 86.8 Å². The number of benzene rings is 4. The van der Waals surface area contributed by atoms with Crippen molar-refractivity contribution in [1.82, 2.24) is 10.2 Å². The fourth-order valence-electron chi connectivity index (χ4n) is 4.87. The normalized spacial score (nSPS) is 12.0. The molecule has 0 spiro atoms. The van der Waals surface area contributed by atoms with E-state index < -0.39 is 40.2 Å². The molecule has 2 amide bonds. The summed E-state index contributed by atoms with van der Waals surface area (Å²) in [5.41, 5.74) is 3.13.